The van der Waals surface area contributed by atoms with E-state index < -0.39 is 47.0 Å². The van der Waals surface area contributed by atoms with E-state index in [1.807, 2.05) is 0 Å². The highest BCUT2D eigenvalue weighted by Gasteiger charge is 2.33. The van der Waals surface area contributed by atoms with E-state index in [0.717, 1.165) is 48.5 Å². The zero-order valence-corrected chi connectivity index (χ0v) is 32.3. The Hall–Kier alpha value is -7.36. The number of aromatic amines is 2. The summed E-state index contributed by atoms with van der Waals surface area (Å²) in [6, 6.07) is 23.7. The molecule has 9 rings (SSSR count). The first-order chi connectivity index (χ1) is 30.2. The van der Waals surface area contributed by atoms with Crippen molar-refractivity contribution in [2.75, 3.05) is 0 Å². The van der Waals surface area contributed by atoms with Crippen molar-refractivity contribution >= 4 is 46.4 Å². The lowest BCUT2D eigenvalue weighted by molar-refractivity contribution is -0.138. The molecule has 16 heteroatoms. The summed E-state index contributed by atoms with van der Waals surface area (Å²) >= 11 is 0. The predicted molar refractivity (Wildman–Crippen MR) is 221 cm³/mol. The molecule has 0 atom stereocenters. The summed E-state index contributed by atoms with van der Waals surface area (Å²) in [5.74, 6) is 0. The summed E-state index contributed by atoms with van der Waals surface area (Å²) in [6.07, 6.45) is -12.3. The van der Waals surface area contributed by atoms with E-state index in [-0.39, 0.29) is 45.0 Å². The summed E-state index contributed by atoms with van der Waals surface area (Å²) in [4.78, 5) is 16.3. The fourth-order valence-electron chi connectivity index (χ4n) is 7.72. The smallest absolute Gasteiger partial charge is 0.354 e. The average molecular weight is 887 g/mol. The Morgan fingerprint density at radius 2 is 0.484 bits per heavy atom. The maximum Gasteiger partial charge on any atom is 0.416 e. The topological polar surface area (TPSA) is 57.4 Å². The zero-order valence-electron chi connectivity index (χ0n) is 32.3. The lowest BCUT2D eigenvalue weighted by Gasteiger charge is -2.10. The van der Waals surface area contributed by atoms with E-state index in [0.29, 0.717) is 44.3 Å². The monoisotopic (exact) mass is 886 g/mol. The second-order valence-electron chi connectivity index (χ2n) is 14.8. The lowest BCUT2D eigenvalue weighted by Crippen LogP contribution is -2.04. The van der Waals surface area contributed by atoms with Gasteiger partial charge in [0.15, 0.2) is 0 Å². The Morgan fingerprint density at radius 1 is 0.266 bits per heavy atom. The summed E-state index contributed by atoms with van der Waals surface area (Å²) in [5.41, 5.74) is 0.862. The Bertz CT molecular complexity index is 3010. The SMILES string of the molecule is FC(F)(F)c1ccc(-c2c3nc(c(-c4ccc(C(F)(F)F)cc4)c4ccc([nH]4)c(-c4ccc(C(F)(F)F)cc4)c4ccc([nH]4)c(-c4ccc(C(F)(F)F)cc4)c4nc2C=C4)C=C3)cc1. The van der Waals surface area contributed by atoms with Gasteiger partial charge < -0.3 is 9.97 Å². The van der Waals surface area contributed by atoms with Gasteiger partial charge in [-0.1, -0.05) is 48.5 Å². The minimum Gasteiger partial charge on any atom is -0.354 e. The highest BCUT2D eigenvalue weighted by Crippen LogP contribution is 2.41. The van der Waals surface area contributed by atoms with Gasteiger partial charge in [0.1, 0.15) is 0 Å². The first kappa shape index (κ1) is 42.0. The van der Waals surface area contributed by atoms with Crippen LogP contribution in [0.5, 0.6) is 0 Å². The molecule has 0 spiro atoms. The van der Waals surface area contributed by atoms with Crippen molar-refractivity contribution in [3.05, 3.63) is 166 Å². The standard InChI is InChI=1S/C48H26F12N4/c49-45(50,51)29-9-1-25(2-10-29)41-33-17-19-35(61-33)42(26-3-11-30(12-4-26)46(52,53)54)37-21-23-39(63-37)44(28-7-15-32(16-8-28)48(58,59)60)40-24-22-38(64-40)43(36-20-18-34(41)62-36)27-5-13-31(14-6-27)47(55,56)57/h1-24,61-62H. The molecule has 64 heavy (non-hydrogen) atoms. The third-order valence-corrected chi connectivity index (χ3v) is 10.8. The van der Waals surface area contributed by atoms with Crippen LogP contribution < -0.4 is 0 Å². The quantitative estimate of drug-likeness (QED) is 0.173. The van der Waals surface area contributed by atoms with Crippen molar-refractivity contribution in [2.24, 2.45) is 0 Å². The molecule has 5 heterocycles. The van der Waals surface area contributed by atoms with Crippen LogP contribution in [0.3, 0.4) is 0 Å². The third kappa shape index (κ3) is 7.95. The fraction of sp³-hybridized carbons (Fsp3) is 0.0833. The van der Waals surface area contributed by atoms with Crippen molar-refractivity contribution in [1.29, 1.82) is 0 Å². The van der Waals surface area contributed by atoms with Crippen LogP contribution in [0, 0.1) is 0 Å². The summed E-state index contributed by atoms with van der Waals surface area (Å²) in [6.45, 7) is 0. The van der Waals surface area contributed by atoms with Crippen LogP contribution in [0.4, 0.5) is 52.7 Å². The molecule has 0 saturated heterocycles. The maximum absolute atomic E-state index is 13.7. The number of alkyl halides is 12. The van der Waals surface area contributed by atoms with Crippen molar-refractivity contribution in [1.82, 2.24) is 19.9 Å². The number of rotatable bonds is 4. The largest absolute Gasteiger partial charge is 0.416 e. The van der Waals surface area contributed by atoms with Gasteiger partial charge >= 0.3 is 24.7 Å². The van der Waals surface area contributed by atoms with Gasteiger partial charge in [-0.25, -0.2) is 9.97 Å². The van der Waals surface area contributed by atoms with Crippen molar-refractivity contribution in [3.8, 4) is 44.5 Å². The van der Waals surface area contributed by atoms with Gasteiger partial charge in [-0.05, 0) is 119 Å². The third-order valence-electron chi connectivity index (χ3n) is 10.8. The van der Waals surface area contributed by atoms with Crippen LogP contribution in [-0.2, 0) is 24.7 Å². The molecule has 0 unspecified atom stereocenters. The van der Waals surface area contributed by atoms with E-state index in [1.165, 1.54) is 48.5 Å². The Balaban J connectivity index is 1.42. The van der Waals surface area contributed by atoms with Gasteiger partial charge in [-0.3, -0.25) is 0 Å². The number of hydrogen-bond acceptors (Lipinski definition) is 2. The molecule has 0 amide bonds. The molecular weight excluding hydrogens is 861 g/mol. The van der Waals surface area contributed by atoms with Gasteiger partial charge in [0.25, 0.3) is 0 Å². The average Bonchev–Trinajstić information content (AvgIpc) is 4.08. The van der Waals surface area contributed by atoms with Crippen LogP contribution in [0.1, 0.15) is 45.0 Å². The van der Waals surface area contributed by atoms with E-state index in [4.69, 9.17) is 9.97 Å². The maximum atomic E-state index is 13.7. The molecular formula is C48H26F12N4. The molecule has 8 bridgehead atoms. The van der Waals surface area contributed by atoms with Gasteiger partial charge in [0.2, 0.25) is 0 Å². The number of benzene rings is 4. The first-order valence-corrected chi connectivity index (χ1v) is 19.1. The molecule has 4 nitrogen and oxygen atoms in total. The number of hydrogen-bond donors (Lipinski definition) is 2. The number of H-pyrrole nitrogens is 2. The highest BCUT2D eigenvalue weighted by molar-refractivity contribution is 6.00. The van der Waals surface area contributed by atoms with Gasteiger partial charge in [0.05, 0.1) is 45.0 Å². The normalized spacial score (nSPS) is 13.2. The Labute approximate surface area is 353 Å². The molecule has 0 saturated carbocycles. The number of halogens is 12. The number of aromatic nitrogens is 4. The van der Waals surface area contributed by atoms with Crippen molar-refractivity contribution in [3.63, 3.8) is 0 Å². The minimum absolute atomic E-state index is 0.206. The summed E-state index contributed by atoms with van der Waals surface area (Å²) in [5, 5.41) is 0. The minimum atomic E-state index is -4.66. The Kier molecular flexibility index (Phi) is 9.95. The van der Waals surface area contributed by atoms with Crippen LogP contribution >= 0.6 is 0 Å². The number of fused-ring (bicyclic) bond motifs is 8. The lowest BCUT2D eigenvalue weighted by atomic mass is 10.0. The fourth-order valence-corrected chi connectivity index (χ4v) is 7.72. The number of nitrogens with one attached hydrogen (secondary N) is 2. The van der Waals surface area contributed by atoms with Crippen molar-refractivity contribution < 1.29 is 52.7 Å². The number of nitrogens with zero attached hydrogens (tertiary/aromatic N) is 2. The van der Waals surface area contributed by atoms with E-state index >= 15 is 0 Å². The van der Waals surface area contributed by atoms with Crippen LogP contribution in [0.2, 0.25) is 0 Å². The summed E-state index contributed by atoms with van der Waals surface area (Å²) < 4.78 is 165. The molecule has 0 aliphatic carbocycles. The molecule has 2 N–H and O–H groups in total. The van der Waals surface area contributed by atoms with Gasteiger partial charge in [0, 0.05) is 44.3 Å². The van der Waals surface area contributed by atoms with Gasteiger partial charge in [-0.2, -0.15) is 52.7 Å². The molecule has 3 aromatic heterocycles. The van der Waals surface area contributed by atoms with E-state index in [9.17, 15) is 52.7 Å². The van der Waals surface area contributed by atoms with Crippen LogP contribution in [0.25, 0.3) is 90.9 Å². The molecule has 2 aliphatic rings. The van der Waals surface area contributed by atoms with E-state index in [1.54, 1.807) is 48.6 Å². The van der Waals surface area contributed by atoms with Crippen LogP contribution in [0.15, 0.2) is 121 Å². The summed E-state index contributed by atoms with van der Waals surface area (Å²) in [7, 11) is 0. The second-order valence-corrected chi connectivity index (χ2v) is 14.8. The highest BCUT2D eigenvalue weighted by atomic mass is 19.4. The van der Waals surface area contributed by atoms with Crippen LogP contribution in [-0.4, -0.2) is 19.9 Å². The van der Waals surface area contributed by atoms with Crippen molar-refractivity contribution in [2.45, 2.75) is 24.7 Å². The van der Waals surface area contributed by atoms with E-state index in [2.05, 4.69) is 9.97 Å². The molecule has 0 fully saturated rings. The molecule has 0 radical (unpaired) electrons. The predicted octanol–water partition coefficient (Wildman–Crippen LogP) is 15.4. The molecule has 4 aromatic carbocycles. The Morgan fingerprint density at radius 3 is 0.750 bits per heavy atom. The second kappa shape index (κ2) is 15.2. The molecule has 2 aliphatic heterocycles. The van der Waals surface area contributed by atoms with Gasteiger partial charge in [-0.15, -0.1) is 0 Å². The molecule has 7 aromatic rings. The zero-order chi connectivity index (χ0) is 45.3. The first-order valence-electron chi connectivity index (χ1n) is 19.1. The molecule has 322 valence electrons.